The zero-order chi connectivity index (χ0) is 22.4. The second kappa shape index (κ2) is 7.31. The van der Waals surface area contributed by atoms with Crippen LogP contribution < -0.4 is 4.90 Å². The second-order valence-electron chi connectivity index (χ2n) is 6.45. The first-order valence-electron chi connectivity index (χ1n) is 8.61. The summed E-state index contributed by atoms with van der Waals surface area (Å²) in [6, 6.07) is 2.02. The summed E-state index contributed by atoms with van der Waals surface area (Å²) in [7, 11) is -0.887. The Morgan fingerprint density at radius 2 is 1.90 bits per heavy atom. The Bertz CT molecular complexity index is 1250. The lowest BCUT2D eigenvalue weighted by atomic mass is 10.3. The van der Waals surface area contributed by atoms with Crippen LogP contribution in [0.1, 0.15) is 19.5 Å². The first kappa shape index (κ1) is 21.6. The molecule has 0 unspecified atom stereocenters. The predicted molar refractivity (Wildman–Crippen MR) is 101 cm³/mol. The van der Waals surface area contributed by atoms with Gasteiger partial charge in [-0.05, 0) is 6.07 Å². The summed E-state index contributed by atoms with van der Waals surface area (Å²) >= 11 is 0. The number of imidazole rings is 1. The van der Waals surface area contributed by atoms with Crippen molar-refractivity contribution >= 4 is 32.6 Å². The van der Waals surface area contributed by atoms with Gasteiger partial charge in [0.2, 0.25) is 5.91 Å². The van der Waals surface area contributed by atoms with Crippen LogP contribution in [-0.2, 0) is 27.9 Å². The molecule has 3 rings (SSSR count). The molecule has 0 saturated heterocycles. The fraction of sp³-hybridized carbons (Fsp3) is 0.353. The largest absolute Gasteiger partial charge is 0.435 e. The van der Waals surface area contributed by atoms with Gasteiger partial charge in [-0.15, -0.1) is 10.2 Å². The SMILES string of the molecule is CCS(=O)(=O)c1cc(N(C)C(C)=O)cnc1-c1nc2cc(C(F)(F)F)nnc2n1C. The third-order valence-corrected chi connectivity index (χ3v) is 6.27. The number of fused-ring (bicyclic) bond motifs is 1. The average Bonchev–Trinajstić information content (AvgIpc) is 3.02. The van der Waals surface area contributed by atoms with Crippen molar-refractivity contribution in [1.29, 1.82) is 0 Å². The Morgan fingerprint density at radius 3 is 2.47 bits per heavy atom. The molecular weight excluding hydrogens is 425 g/mol. The topological polar surface area (TPSA) is 111 Å². The number of hydrogen-bond acceptors (Lipinski definition) is 7. The van der Waals surface area contributed by atoms with E-state index in [9.17, 15) is 26.4 Å². The highest BCUT2D eigenvalue weighted by atomic mass is 32.2. The van der Waals surface area contributed by atoms with Gasteiger partial charge in [0.15, 0.2) is 27.0 Å². The number of carbonyl (C=O) groups excluding carboxylic acids is 1. The molecule has 0 fully saturated rings. The number of pyridine rings is 1. The molecule has 0 aliphatic heterocycles. The number of anilines is 1. The summed E-state index contributed by atoms with van der Waals surface area (Å²) in [6.07, 6.45) is -3.41. The summed E-state index contributed by atoms with van der Waals surface area (Å²) in [4.78, 5) is 21.0. The molecule has 9 nitrogen and oxygen atoms in total. The molecule has 0 aliphatic carbocycles. The normalized spacial score (nSPS) is 12.4. The molecule has 3 aromatic heterocycles. The van der Waals surface area contributed by atoms with Crippen molar-refractivity contribution < 1.29 is 26.4 Å². The number of nitrogens with zero attached hydrogens (tertiary/aromatic N) is 6. The maximum Gasteiger partial charge on any atom is 0.435 e. The molecule has 0 aliphatic rings. The van der Waals surface area contributed by atoms with Gasteiger partial charge in [0.25, 0.3) is 0 Å². The zero-order valence-electron chi connectivity index (χ0n) is 16.4. The van der Waals surface area contributed by atoms with Crippen LogP contribution in [0.2, 0.25) is 0 Å². The fourth-order valence-electron chi connectivity index (χ4n) is 2.70. The minimum atomic E-state index is -4.70. The van der Waals surface area contributed by atoms with Gasteiger partial charge in [-0.1, -0.05) is 6.92 Å². The number of aryl methyl sites for hydroxylation is 1. The van der Waals surface area contributed by atoms with Crippen molar-refractivity contribution in [1.82, 2.24) is 24.7 Å². The van der Waals surface area contributed by atoms with Gasteiger partial charge in [0, 0.05) is 27.1 Å². The molecular formula is C17H17F3N6O3S. The van der Waals surface area contributed by atoms with E-state index < -0.39 is 21.7 Å². The molecule has 0 N–H and O–H groups in total. The van der Waals surface area contributed by atoms with Gasteiger partial charge in [-0.2, -0.15) is 13.2 Å². The van der Waals surface area contributed by atoms with Gasteiger partial charge in [-0.3, -0.25) is 4.79 Å². The van der Waals surface area contributed by atoms with E-state index in [-0.39, 0.29) is 44.9 Å². The van der Waals surface area contributed by atoms with Crippen LogP contribution in [0.5, 0.6) is 0 Å². The lowest BCUT2D eigenvalue weighted by Gasteiger charge is -2.17. The third-order valence-electron chi connectivity index (χ3n) is 4.53. The molecule has 3 aromatic rings. The van der Waals surface area contributed by atoms with E-state index in [0.29, 0.717) is 0 Å². The Balaban J connectivity index is 2.28. The quantitative estimate of drug-likeness (QED) is 0.609. The van der Waals surface area contributed by atoms with Crippen LogP contribution in [0, 0.1) is 0 Å². The number of rotatable bonds is 4. The highest BCUT2D eigenvalue weighted by Crippen LogP contribution is 2.32. The molecule has 0 atom stereocenters. The minimum Gasteiger partial charge on any atom is -0.314 e. The molecule has 13 heteroatoms. The molecule has 0 aromatic carbocycles. The van der Waals surface area contributed by atoms with Crippen molar-refractivity contribution in [2.24, 2.45) is 7.05 Å². The van der Waals surface area contributed by atoms with E-state index in [4.69, 9.17) is 0 Å². The Morgan fingerprint density at radius 1 is 1.23 bits per heavy atom. The van der Waals surface area contributed by atoms with Crippen LogP contribution in [0.3, 0.4) is 0 Å². The van der Waals surface area contributed by atoms with Crippen LogP contribution in [0.25, 0.3) is 22.7 Å². The molecule has 3 heterocycles. The average molecular weight is 442 g/mol. The zero-order valence-corrected chi connectivity index (χ0v) is 17.2. The minimum absolute atomic E-state index is 0.00248. The van der Waals surface area contributed by atoms with Gasteiger partial charge in [0.1, 0.15) is 11.2 Å². The van der Waals surface area contributed by atoms with E-state index in [2.05, 4.69) is 20.2 Å². The Labute approximate surface area is 169 Å². The number of aromatic nitrogens is 5. The lowest BCUT2D eigenvalue weighted by molar-refractivity contribution is -0.141. The highest BCUT2D eigenvalue weighted by Gasteiger charge is 2.34. The van der Waals surface area contributed by atoms with Gasteiger partial charge < -0.3 is 9.47 Å². The Kier molecular flexibility index (Phi) is 5.26. The van der Waals surface area contributed by atoms with E-state index in [1.807, 2.05) is 0 Å². The standard InChI is InChI=1S/C17H17F3N6O3S/c1-5-30(28,29)12-6-10(25(3)9(2)27)8-21-14(12)16-22-11-7-13(17(18,19)20)23-24-15(11)26(16)4/h6-8H,5H2,1-4H3. The van der Waals surface area contributed by atoms with Crippen molar-refractivity contribution in [3.05, 3.63) is 24.0 Å². The number of sulfone groups is 1. The van der Waals surface area contributed by atoms with Crippen molar-refractivity contribution in [2.45, 2.75) is 24.9 Å². The Hall–Kier alpha value is -3.09. The summed E-state index contributed by atoms with van der Waals surface area (Å²) in [5, 5.41) is 6.75. The van der Waals surface area contributed by atoms with E-state index in [0.717, 1.165) is 6.07 Å². The smallest absolute Gasteiger partial charge is 0.314 e. The predicted octanol–water partition coefficient (Wildman–Crippen LogP) is 2.22. The van der Waals surface area contributed by atoms with E-state index in [1.165, 1.54) is 49.7 Å². The summed E-state index contributed by atoms with van der Waals surface area (Å²) in [5.74, 6) is -0.582. The molecule has 1 amide bonds. The highest BCUT2D eigenvalue weighted by molar-refractivity contribution is 7.91. The van der Waals surface area contributed by atoms with Crippen LogP contribution >= 0.6 is 0 Å². The van der Waals surface area contributed by atoms with E-state index >= 15 is 0 Å². The monoisotopic (exact) mass is 442 g/mol. The fourth-order valence-corrected chi connectivity index (χ4v) is 3.75. The molecule has 160 valence electrons. The van der Waals surface area contributed by atoms with Crippen molar-refractivity contribution in [2.75, 3.05) is 17.7 Å². The van der Waals surface area contributed by atoms with Crippen LogP contribution in [-0.4, -0.2) is 51.9 Å². The summed E-state index contributed by atoms with van der Waals surface area (Å²) in [6.45, 7) is 2.75. The van der Waals surface area contributed by atoms with Crippen LogP contribution in [0.15, 0.2) is 23.2 Å². The number of hydrogen-bond donors (Lipinski definition) is 0. The number of carbonyl (C=O) groups is 1. The summed E-state index contributed by atoms with van der Waals surface area (Å²) in [5.41, 5.74) is -1.11. The third kappa shape index (κ3) is 3.72. The first-order chi connectivity index (χ1) is 13.9. The molecule has 0 bridgehead atoms. The maximum atomic E-state index is 12.9. The van der Waals surface area contributed by atoms with Crippen molar-refractivity contribution in [3.63, 3.8) is 0 Å². The molecule has 0 spiro atoms. The second-order valence-corrected chi connectivity index (χ2v) is 8.70. The summed E-state index contributed by atoms with van der Waals surface area (Å²) < 4.78 is 65.5. The van der Waals surface area contributed by atoms with E-state index in [1.54, 1.807) is 0 Å². The van der Waals surface area contributed by atoms with Gasteiger partial charge in [-0.25, -0.2) is 18.4 Å². The first-order valence-corrected chi connectivity index (χ1v) is 10.3. The molecule has 0 radical (unpaired) electrons. The lowest BCUT2D eigenvalue weighted by Crippen LogP contribution is -2.23. The molecule has 30 heavy (non-hydrogen) atoms. The van der Waals surface area contributed by atoms with Crippen LogP contribution in [0.4, 0.5) is 18.9 Å². The maximum absolute atomic E-state index is 12.9. The number of amides is 1. The van der Waals surface area contributed by atoms with Gasteiger partial charge in [0.05, 0.1) is 22.5 Å². The van der Waals surface area contributed by atoms with Crippen molar-refractivity contribution in [3.8, 4) is 11.5 Å². The molecule has 0 saturated carbocycles. The number of alkyl halides is 3. The van der Waals surface area contributed by atoms with Gasteiger partial charge >= 0.3 is 6.18 Å². The number of halogens is 3.